The van der Waals surface area contributed by atoms with Crippen LogP contribution in [-0.4, -0.2) is 26.3 Å². The van der Waals surface area contributed by atoms with Crippen LogP contribution in [0.25, 0.3) is 0 Å². The molecule has 0 aliphatic carbocycles. The third kappa shape index (κ3) is 4.13. The first-order valence-electron chi connectivity index (χ1n) is 5.46. The Balaban J connectivity index is 2.70. The van der Waals surface area contributed by atoms with Crippen LogP contribution in [0.5, 0.6) is 0 Å². The van der Waals surface area contributed by atoms with Gasteiger partial charge >= 0.3 is 0 Å². The quantitative estimate of drug-likeness (QED) is 0.529. The molecule has 0 saturated heterocycles. The lowest BCUT2D eigenvalue weighted by Crippen LogP contribution is -2.31. The second-order valence-electron chi connectivity index (χ2n) is 3.73. The van der Waals surface area contributed by atoms with E-state index in [1.807, 2.05) is 0 Å². The Bertz CT molecular complexity index is 443. The average molecular weight is 384 g/mol. The molecule has 100 valence electrons. The van der Waals surface area contributed by atoms with Crippen molar-refractivity contribution in [1.29, 1.82) is 0 Å². The monoisotopic (exact) mass is 383 g/mol. The number of halogens is 2. The van der Waals surface area contributed by atoms with Crippen molar-refractivity contribution in [3.63, 3.8) is 0 Å². The van der Waals surface area contributed by atoms with Crippen molar-refractivity contribution in [1.82, 2.24) is 15.3 Å². The zero-order chi connectivity index (χ0) is 13.7. The van der Waals surface area contributed by atoms with Gasteiger partial charge in [0.05, 0.1) is 0 Å². The van der Waals surface area contributed by atoms with Crippen LogP contribution in [0.3, 0.4) is 0 Å². The van der Waals surface area contributed by atoms with Crippen molar-refractivity contribution in [2.45, 2.75) is 23.7 Å². The van der Waals surface area contributed by atoms with Crippen LogP contribution in [0.15, 0.2) is 0 Å². The molecular weight excluding hydrogens is 369 g/mol. The molecule has 6 nitrogen and oxygen atoms in total. The number of anilines is 2. The van der Waals surface area contributed by atoms with Crippen molar-refractivity contribution in [2.75, 3.05) is 18.0 Å². The number of aromatic nitrogens is 2. The first kappa shape index (κ1) is 15.2. The molecule has 18 heavy (non-hydrogen) atoms. The summed E-state index contributed by atoms with van der Waals surface area (Å²) >= 11 is 7.99. The van der Waals surface area contributed by atoms with Gasteiger partial charge in [-0.1, -0.05) is 47.5 Å². The summed E-state index contributed by atoms with van der Waals surface area (Å²) in [6.45, 7) is 2.65. The third-order valence-electron chi connectivity index (χ3n) is 2.21. The van der Waals surface area contributed by atoms with E-state index in [1.165, 1.54) is 0 Å². The number of nitrogens with two attached hydrogens (primary N) is 2. The minimum absolute atomic E-state index is 0.00861. The fraction of sp³-hybridized carbons (Fsp3) is 0.500. The molecule has 1 aromatic rings. The summed E-state index contributed by atoms with van der Waals surface area (Å²) in [6.07, 6.45) is 2.10. The van der Waals surface area contributed by atoms with Crippen LogP contribution in [0.2, 0.25) is 5.15 Å². The van der Waals surface area contributed by atoms with E-state index in [2.05, 4.69) is 44.8 Å². The number of nitrogen functional groups attached to an aromatic ring is 2. The lowest BCUT2D eigenvalue weighted by Gasteiger charge is -2.11. The predicted molar refractivity (Wildman–Crippen MR) is 80.9 cm³/mol. The molecule has 1 aromatic heterocycles. The van der Waals surface area contributed by atoms with Gasteiger partial charge in [-0.25, -0.2) is 9.97 Å². The Morgan fingerprint density at radius 1 is 1.44 bits per heavy atom. The summed E-state index contributed by atoms with van der Waals surface area (Å²) in [5.41, 5.74) is 11.0. The summed E-state index contributed by atoms with van der Waals surface area (Å²) in [5, 5.41) is 2.72. The van der Waals surface area contributed by atoms with Crippen LogP contribution in [0.1, 0.15) is 30.3 Å². The first-order chi connectivity index (χ1) is 8.45. The van der Waals surface area contributed by atoms with Gasteiger partial charge in [-0.15, -0.1) is 0 Å². The second-order valence-corrected chi connectivity index (χ2v) is 5.85. The molecule has 1 amide bonds. The number of nitrogens with zero attached hydrogens (tertiary/aromatic N) is 2. The lowest BCUT2D eigenvalue weighted by atomic mass is 10.2. The number of hydrogen-bond donors (Lipinski definition) is 3. The van der Waals surface area contributed by atoms with Gasteiger partial charge in [-0.05, 0) is 6.42 Å². The third-order valence-corrected chi connectivity index (χ3v) is 3.55. The van der Waals surface area contributed by atoms with Gasteiger partial charge in [-0.2, -0.15) is 0 Å². The van der Waals surface area contributed by atoms with E-state index in [4.69, 9.17) is 23.1 Å². The molecular formula is C10H15ClIN5O. The van der Waals surface area contributed by atoms with E-state index in [9.17, 15) is 4.79 Å². The Labute approximate surface area is 124 Å². The molecule has 0 saturated carbocycles. The number of amides is 1. The van der Waals surface area contributed by atoms with Gasteiger partial charge in [0.1, 0.15) is 0 Å². The zero-order valence-corrected chi connectivity index (χ0v) is 12.8. The van der Waals surface area contributed by atoms with Gasteiger partial charge in [0.15, 0.2) is 22.5 Å². The molecule has 0 spiro atoms. The van der Waals surface area contributed by atoms with Crippen molar-refractivity contribution < 1.29 is 4.79 Å². The molecule has 0 aliphatic rings. The molecule has 0 fully saturated rings. The normalized spacial score (nSPS) is 12.2. The summed E-state index contributed by atoms with van der Waals surface area (Å²) in [4.78, 5) is 19.4. The molecule has 8 heteroatoms. The fourth-order valence-corrected chi connectivity index (χ4v) is 2.28. The van der Waals surface area contributed by atoms with E-state index in [1.54, 1.807) is 0 Å². The van der Waals surface area contributed by atoms with E-state index in [-0.39, 0.29) is 28.4 Å². The van der Waals surface area contributed by atoms with Gasteiger partial charge < -0.3 is 16.8 Å². The zero-order valence-electron chi connectivity index (χ0n) is 9.91. The standard InChI is InChI=1S/C10H15ClIN5O/c1-2-3-5(12)4-15-10(18)6-8(13)17-9(14)7(11)16-6/h5H,2-4H2,1H3,(H,15,18)(H4,13,14,17)/t5-/m0/s1. The van der Waals surface area contributed by atoms with E-state index >= 15 is 0 Å². The number of alkyl halides is 1. The smallest absolute Gasteiger partial charge is 0.273 e. The average Bonchev–Trinajstić information content (AvgIpc) is 2.31. The highest BCUT2D eigenvalue weighted by Gasteiger charge is 2.16. The molecule has 1 heterocycles. The van der Waals surface area contributed by atoms with Crippen LogP contribution >= 0.6 is 34.2 Å². The van der Waals surface area contributed by atoms with Gasteiger partial charge in [0.25, 0.3) is 5.91 Å². The summed E-state index contributed by atoms with van der Waals surface area (Å²) < 4.78 is 0.370. The predicted octanol–water partition coefficient (Wildman–Crippen LogP) is 1.63. The Kier molecular flexibility index (Phi) is 5.86. The van der Waals surface area contributed by atoms with Crippen LogP contribution in [0.4, 0.5) is 11.6 Å². The number of carbonyl (C=O) groups is 1. The Morgan fingerprint density at radius 3 is 2.72 bits per heavy atom. The second kappa shape index (κ2) is 6.93. The minimum atomic E-state index is -0.389. The molecule has 0 aliphatic heterocycles. The highest BCUT2D eigenvalue weighted by molar-refractivity contribution is 14.1. The molecule has 0 bridgehead atoms. The van der Waals surface area contributed by atoms with E-state index < -0.39 is 0 Å². The van der Waals surface area contributed by atoms with Crippen LogP contribution in [-0.2, 0) is 0 Å². The molecule has 0 aromatic carbocycles. The van der Waals surface area contributed by atoms with Gasteiger partial charge in [-0.3, -0.25) is 4.79 Å². The highest BCUT2D eigenvalue weighted by atomic mass is 127. The number of hydrogen-bond acceptors (Lipinski definition) is 5. The molecule has 5 N–H and O–H groups in total. The topological polar surface area (TPSA) is 107 Å². The molecule has 1 atom stereocenters. The molecule has 0 unspecified atom stereocenters. The van der Waals surface area contributed by atoms with Gasteiger partial charge in [0.2, 0.25) is 0 Å². The van der Waals surface area contributed by atoms with Gasteiger partial charge in [0, 0.05) is 10.5 Å². The molecule has 1 rings (SSSR count). The largest absolute Gasteiger partial charge is 0.382 e. The van der Waals surface area contributed by atoms with Crippen molar-refractivity contribution in [2.24, 2.45) is 0 Å². The number of nitrogens with one attached hydrogen (secondary N) is 1. The van der Waals surface area contributed by atoms with Crippen molar-refractivity contribution >= 4 is 51.7 Å². The van der Waals surface area contributed by atoms with E-state index in [0.29, 0.717) is 10.5 Å². The Morgan fingerprint density at radius 2 is 2.11 bits per heavy atom. The SMILES string of the molecule is CCC[C@H](I)CNC(=O)c1nc(Cl)c(N)nc1N. The minimum Gasteiger partial charge on any atom is -0.382 e. The highest BCUT2D eigenvalue weighted by Crippen LogP contribution is 2.17. The molecule has 0 radical (unpaired) electrons. The van der Waals surface area contributed by atoms with Crippen LogP contribution < -0.4 is 16.8 Å². The van der Waals surface area contributed by atoms with Crippen molar-refractivity contribution in [3.8, 4) is 0 Å². The maximum absolute atomic E-state index is 11.8. The number of rotatable bonds is 5. The lowest BCUT2D eigenvalue weighted by molar-refractivity contribution is 0.0949. The van der Waals surface area contributed by atoms with E-state index in [0.717, 1.165) is 12.8 Å². The fourth-order valence-electron chi connectivity index (χ4n) is 1.31. The number of carbonyl (C=O) groups excluding carboxylic acids is 1. The summed E-state index contributed by atoms with van der Waals surface area (Å²) in [5.74, 6) is -0.391. The van der Waals surface area contributed by atoms with Crippen molar-refractivity contribution in [3.05, 3.63) is 10.8 Å². The Hall–Kier alpha value is -0.830. The van der Waals surface area contributed by atoms with Crippen LogP contribution in [0, 0.1) is 0 Å². The summed E-state index contributed by atoms with van der Waals surface area (Å²) in [7, 11) is 0. The first-order valence-corrected chi connectivity index (χ1v) is 7.08. The maximum Gasteiger partial charge on any atom is 0.273 e. The summed E-state index contributed by atoms with van der Waals surface area (Å²) in [6, 6.07) is 0. The maximum atomic E-state index is 11.8.